The van der Waals surface area contributed by atoms with E-state index in [1.165, 1.54) is 18.3 Å². The molecule has 2 aromatic rings. The Labute approximate surface area is 90.5 Å². The summed E-state index contributed by atoms with van der Waals surface area (Å²) in [4.78, 5) is 0. The van der Waals surface area contributed by atoms with Gasteiger partial charge in [-0.2, -0.15) is 15.4 Å². The third kappa shape index (κ3) is 2.22. The lowest BCUT2D eigenvalue weighted by Crippen LogP contribution is -2.14. The molecule has 1 aromatic carbocycles. The summed E-state index contributed by atoms with van der Waals surface area (Å²) in [5, 5.41) is 9.84. The van der Waals surface area contributed by atoms with E-state index in [4.69, 9.17) is 5.73 Å². The first-order chi connectivity index (χ1) is 7.66. The van der Waals surface area contributed by atoms with Gasteiger partial charge in [0.15, 0.2) is 0 Å². The van der Waals surface area contributed by atoms with Gasteiger partial charge >= 0.3 is 0 Å². The number of halogens is 2. The van der Waals surface area contributed by atoms with Crippen molar-refractivity contribution in [2.75, 3.05) is 0 Å². The maximum atomic E-state index is 13.3. The van der Waals surface area contributed by atoms with Crippen LogP contribution in [0.5, 0.6) is 0 Å². The number of nitrogens with one attached hydrogen (secondary N) is 1. The first-order valence-corrected chi connectivity index (χ1v) is 4.72. The van der Waals surface area contributed by atoms with Gasteiger partial charge in [0.25, 0.3) is 0 Å². The number of rotatable bonds is 3. The Kier molecular flexibility index (Phi) is 2.91. The number of benzene rings is 1. The van der Waals surface area contributed by atoms with E-state index in [1.807, 2.05) is 0 Å². The van der Waals surface area contributed by atoms with Crippen LogP contribution in [0.3, 0.4) is 0 Å². The lowest BCUT2D eigenvalue weighted by Gasteiger charge is -2.08. The van der Waals surface area contributed by atoms with Crippen molar-refractivity contribution in [2.45, 2.75) is 12.5 Å². The van der Waals surface area contributed by atoms with Crippen LogP contribution >= 0.6 is 0 Å². The van der Waals surface area contributed by atoms with Crippen LogP contribution in [0.1, 0.15) is 17.3 Å². The number of hydrogen-bond donors (Lipinski definition) is 2. The van der Waals surface area contributed by atoms with Gasteiger partial charge in [0.1, 0.15) is 11.6 Å². The lowest BCUT2D eigenvalue weighted by molar-refractivity contribution is 0.561. The fourth-order valence-corrected chi connectivity index (χ4v) is 1.42. The number of nitrogens with two attached hydrogens (primary N) is 1. The summed E-state index contributed by atoms with van der Waals surface area (Å²) >= 11 is 0. The maximum absolute atomic E-state index is 13.3. The number of nitrogens with zero attached hydrogens (tertiary/aromatic N) is 2. The maximum Gasteiger partial charge on any atom is 0.129 e. The lowest BCUT2D eigenvalue weighted by atomic mass is 10.0. The molecular formula is C10H10F2N4. The minimum atomic E-state index is -0.601. The molecule has 84 valence electrons. The SMILES string of the molecule is NC(Cc1ccc(F)cc1F)c1cn[nH]n1. The van der Waals surface area contributed by atoms with Crippen LogP contribution in [0.4, 0.5) is 8.78 Å². The molecule has 1 unspecified atom stereocenters. The van der Waals surface area contributed by atoms with E-state index in [9.17, 15) is 8.78 Å². The topological polar surface area (TPSA) is 67.6 Å². The molecule has 0 spiro atoms. The molecule has 0 fully saturated rings. The van der Waals surface area contributed by atoms with E-state index in [0.29, 0.717) is 11.3 Å². The zero-order valence-corrected chi connectivity index (χ0v) is 8.32. The normalized spacial score (nSPS) is 12.7. The van der Waals surface area contributed by atoms with Gasteiger partial charge in [-0.15, -0.1) is 0 Å². The number of aromatic nitrogens is 3. The summed E-state index contributed by atoms with van der Waals surface area (Å²) in [6.07, 6.45) is 1.73. The molecule has 4 nitrogen and oxygen atoms in total. The predicted molar refractivity (Wildman–Crippen MR) is 53.4 cm³/mol. The quantitative estimate of drug-likeness (QED) is 0.826. The van der Waals surface area contributed by atoms with Crippen LogP contribution in [0.15, 0.2) is 24.4 Å². The fraction of sp³-hybridized carbons (Fsp3) is 0.200. The molecule has 6 heteroatoms. The molecule has 1 aromatic heterocycles. The molecule has 0 radical (unpaired) electrons. The Morgan fingerprint density at radius 2 is 2.19 bits per heavy atom. The third-order valence-corrected chi connectivity index (χ3v) is 2.27. The Bertz CT molecular complexity index is 470. The van der Waals surface area contributed by atoms with Crippen molar-refractivity contribution in [1.29, 1.82) is 0 Å². The molecule has 0 aliphatic heterocycles. The highest BCUT2D eigenvalue weighted by Crippen LogP contribution is 2.16. The number of hydrogen-bond acceptors (Lipinski definition) is 3. The van der Waals surface area contributed by atoms with E-state index in [1.54, 1.807) is 0 Å². The molecule has 2 rings (SSSR count). The van der Waals surface area contributed by atoms with Crippen molar-refractivity contribution in [2.24, 2.45) is 5.73 Å². The Morgan fingerprint density at radius 3 is 2.81 bits per heavy atom. The molecule has 3 N–H and O–H groups in total. The van der Waals surface area contributed by atoms with E-state index in [-0.39, 0.29) is 6.42 Å². The van der Waals surface area contributed by atoms with E-state index < -0.39 is 17.7 Å². The van der Waals surface area contributed by atoms with Crippen molar-refractivity contribution < 1.29 is 8.78 Å². The van der Waals surface area contributed by atoms with Gasteiger partial charge in [-0.05, 0) is 18.1 Å². The standard InChI is InChI=1S/C10H10F2N4/c11-7-2-1-6(8(12)4-7)3-9(13)10-5-14-16-15-10/h1-2,4-5,9H,3,13H2,(H,14,15,16). The van der Waals surface area contributed by atoms with Crippen molar-refractivity contribution in [3.63, 3.8) is 0 Å². The average molecular weight is 224 g/mol. The second kappa shape index (κ2) is 4.36. The Balaban J connectivity index is 2.15. The van der Waals surface area contributed by atoms with Crippen LogP contribution in [0.25, 0.3) is 0 Å². The fourth-order valence-electron chi connectivity index (χ4n) is 1.42. The molecule has 0 aliphatic carbocycles. The molecule has 0 amide bonds. The minimum Gasteiger partial charge on any atom is -0.322 e. The van der Waals surface area contributed by atoms with Gasteiger partial charge < -0.3 is 5.73 Å². The van der Waals surface area contributed by atoms with Gasteiger partial charge in [0.05, 0.1) is 17.9 Å². The molecule has 16 heavy (non-hydrogen) atoms. The predicted octanol–water partition coefficient (Wildman–Crippen LogP) is 1.33. The van der Waals surface area contributed by atoms with Crippen LogP contribution in [-0.4, -0.2) is 15.4 Å². The molecular weight excluding hydrogens is 214 g/mol. The third-order valence-electron chi connectivity index (χ3n) is 2.27. The Hall–Kier alpha value is -1.82. The summed E-state index contributed by atoms with van der Waals surface area (Å²) in [6, 6.07) is 2.96. The highest BCUT2D eigenvalue weighted by atomic mass is 19.1. The van der Waals surface area contributed by atoms with E-state index >= 15 is 0 Å². The van der Waals surface area contributed by atoms with Crippen molar-refractivity contribution >= 4 is 0 Å². The summed E-state index contributed by atoms with van der Waals surface area (Å²) in [7, 11) is 0. The molecule has 0 saturated carbocycles. The summed E-state index contributed by atoms with van der Waals surface area (Å²) < 4.78 is 26.0. The zero-order chi connectivity index (χ0) is 11.5. The molecule has 0 aliphatic rings. The van der Waals surface area contributed by atoms with Crippen LogP contribution in [0.2, 0.25) is 0 Å². The highest BCUT2D eigenvalue weighted by Gasteiger charge is 2.12. The van der Waals surface area contributed by atoms with Crippen molar-refractivity contribution in [3.8, 4) is 0 Å². The molecule has 0 bridgehead atoms. The summed E-state index contributed by atoms with van der Waals surface area (Å²) in [5.41, 5.74) is 6.70. The van der Waals surface area contributed by atoms with E-state index in [2.05, 4.69) is 15.4 Å². The second-order valence-electron chi connectivity index (χ2n) is 3.44. The van der Waals surface area contributed by atoms with Gasteiger partial charge in [-0.25, -0.2) is 8.78 Å². The molecule has 0 saturated heterocycles. The van der Waals surface area contributed by atoms with Crippen LogP contribution in [-0.2, 0) is 6.42 Å². The van der Waals surface area contributed by atoms with Gasteiger partial charge in [-0.3, -0.25) is 0 Å². The number of aromatic amines is 1. The van der Waals surface area contributed by atoms with Crippen LogP contribution < -0.4 is 5.73 Å². The first kappa shape index (κ1) is 10.7. The Morgan fingerprint density at radius 1 is 1.38 bits per heavy atom. The summed E-state index contributed by atoms with van der Waals surface area (Å²) in [6.45, 7) is 0. The zero-order valence-electron chi connectivity index (χ0n) is 8.32. The van der Waals surface area contributed by atoms with Crippen molar-refractivity contribution in [1.82, 2.24) is 15.4 Å². The van der Waals surface area contributed by atoms with Crippen molar-refractivity contribution in [3.05, 3.63) is 47.3 Å². The minimum absolute atomic E-state index is 0.249. The van der Waals surface area contributed by atoms with E-state index in [0.717, 1.165) is 6.07 Å². The highest BCUT2D eigenvalue weighted by molar-refractivity contribution is 5.20. The van der Waals surface area contributed by atoms with Gasteiger partial charge in [0, 0.05) is 6.07 Å². The average Bonchev–Trinajstić information content (AvgIpc) is 2.75. The largest absolute Gasteiger partial charge is 0.322 e. The molecule has 1 heterocycles. The summed E-state index contributed by atoms with van der Waals surface area (Å²) in [5.74, 6) is -1.20. The van der Waals surface area contributed by atoms with Crippen LogP contribution in [0, 0.1) is 11.6 Å². The van der Waals surface area contributed by atoms with Gasteiger partial charge in [-0.1, -0.05) is 6.07 Å². The second-order valence-corrected chi connectivity index (χ2v) is 3.44. The monoisotopic (exact) mass is 224 g/mol. The first-order valence-electron chi connectivity index (χ1n) is 4.72. The number of H-pyrrole nitrogens is 1. The molecule has 1 atom stereocenters. The van der Waals surface area contributed by atoms with Gasteiger partial charge in [0.2, 0.25) is 0 Å². The smallest absolute Gasteiger partial charge is 0.129 e.